The Hall–Kier alpha value is -2.05. The fourth-order valence-corrected chi connectivity index (χ4v) is 2.22. The molecule has 1 aromatic carbocycles. The molecule has 9 heteroatoms. The number of benzene rings is 1. The van der Waals surface area contributed by atoms with Crippen molar-refractivity contribution in [1.82, 2.24) is 10.0 Å². The van der Waals surface area contributed by atoms with E-state index in [-0.39, 0.29) is 17.0 Å². The van der Waals surface area contributed by atoms with Gasteiger partial charge in [0.05, 0.1) is 11.4 Å². The summed E-state index contributed by atoms with van der Waals surface area (Å²) in [4.78, 5) is 11.3. The highest BCUT2D eigenvalue weighted by atomic mass is 32.2. The molecule has 0 radical (unpaired) electrons. The Morgan fingerprint density at radius 2 is 1.81 bits per heavy atom. The largest absolute Gasteiger partial charge is 0.405 e. The summed E-state index contributed by atoms with van der Waals surface area (Å²) in [5.41, 5.74) is -0.0878. The molecule has 1 rings (SSSR count). The lowest BCUT2D eigenvalue weighted by molar-refractivity contribution is -0.123. The van der Waals surface area contributed by atoms with Crippen molar-refractivity contribution < 1.29 is 26.4 Å². The third-order valence-electron chi connectivity index (χ3n) is 2.24. The number of carbonyl (C=O) groups is 1. The fraction of sp³-hybridized carbons (Fsp3) is 0.250. The van der Waals surface area contributed by atoms with Crippen molar-refractivity contribution in [3.05, 3.63) is 29.8 Å². The van der Waals surface area contributed by atoms with E-state index in [0.717, 1.165) is 24.3 Å². The number of alkyl halides is 3. The highest BCUT2D eigenvalue weighted by Crippen LogP contribution is 2.14. The molecule has 0 aromatic heterocycles. The molecule has 0 atom stereocenters. The molecule has 21 heavy (non-hydrogen) atoms. The van der Waals surface area contributed by atoms with E-state index in [1.807, 2.05) is 0 Å². The van der Waals surface area contributed by atoms with Gasteiger partial charge in [0, 0.05) is 5.56 Å². The van der Waals surface area contributed by atoms with Crippen molar-refractivity contribution >= 4 is 15.9 Å². The number of carbonyl (C=O) groups excluding carboxylic acids is 1. The topological polar surface area (TPSA) is 75.3 Å². The van der Waals surface area contributed by atoms with Crippen LogP contribution in [0.15, 0.2) is 29.2 Å². The van der Waals surface area contributed by atoms with Crippen LogP contribution in [-0.4, -0.2) is 33.6 Å². The second-order valence-electron chi connectivity index (χ2n) is 3.85. The van der Waals surface area contributed by atoms with Crippen molar-refractivity contribution in [2.24, 2.45) is 0 Å². The first-order chi connectivity index (χ1) is 9.65. The summed E-state index contributed by atoms with van der Waals surface area (Å²) in [6.07, 6.45) is 0.409. The molecular weight excluding hydrogens is 309 g/mol. The fourth-order valence-electron chi connectivity index (χ4n) is 1.29. The Kier molecular flexibility index (Phi) is 5.34. The predicted molar refractivity (Wildman–Crippen MR) is 68.9 cm³/mol. The van der Waals surface area contributed by atoms with Gasteiger partial charge in [0.15, 0.2) is 0 Å². The van der Waals surface area contributed by atoms with E-state index < -0.39 is 28.7 Å². The van der Waals surface area contributed by atoms with Gasteiger partial charge in [-0.25, -0.2) is 8.42 Å². The van der Waals surface area contributed by atoms with E-state index >= 15 is 0 Å². The molecule has 5 nitrogen and oxygen atoms in total. The lowest BCUT2D eigenvalue weighted by Gasteiger charge is -2.09. The molecule has 0 aliphatic heterocycles. The molecule has 0 bridgehead atoms. The van der Waals surface area contributed by atoms with Gasteiger partial charge in [-0.15, -0.1) is 6.42 Å². The zero-order chi connectivity index (χ0) is 16.1. The van der Waals surface area contributed by atoms with Crippen LogP contribution >= 0.6 is 0 Å². The number of nitrogens with one attached hydrogen (secondary N) is 2. The maximum absolute atomic E-state index is 12.0. The molecule has 0 unspecified atom stereocenters. The molecule has 0 fully saturated rings. The third-order valence-corrected chi connectivity index (χ3v) is 3.66. The Morgan fingerprint density at radius 3 is 2.29 bits per heavy atom. The SMILES string of the molecule is C#CCNS(=O)(=O)c1ccc(C(=O)NCC(F)(F)F)cc1. The van der Waals surface area contributed by atoms with Crippen LogP contribution in [-0.2, 0) is 10.0 Å². The summed E-state index contributed by atoms with van der Waals surface area (Å²) in [6.45, 7) is -1.66. The lowest BCUT2D eigenvalue weighted by Crippen LogP contribution is -2.33. The van der Waals surface area contributed by atoms with Gasteiger partial charge in [-0.05, 0) is 24.3 Å². The summed E-state index contributed by atoms with van der Waals surface area (Å²) in [5, 5.41) is 1.68. The molecule has 1 amide bonds. The van der Waals surface area contributed by atoms with E-state index in [9.17, 15) is 26.4 Å². The van der Waals surface area contributed by atoms with E-state index in [1.54, 1.807) is 5.32 Å². The first kappa shape index (κ1) is 17.0. The summed E-state index contributed by atoms with van der Waals surface area (Å²) < 4.78 is 61.3. The Balaban J connectivity index is 2.79. The zero-order valence-corrected chi connectivity index (χ0v) is 11.4. The van der Waals surface area contributed by atoms with Gasteiger partial charge < -0.3 is 5.32 Å². The first-order valence-electron chi connectivity index (χ1n) is 5.54. The highest BCUT2D eigenvalue weighted by Gasteiger charge is 2.27. The molecule has 0 aliphatic rings. The smallest absolute Gasteiger partial charge is 0.343 e. The van der Waals surface area contributed by atoms with Crippen LogP contribution in [0, 0.1) is 12.3 Å². The molecule has 1 aromatic rings. The maximum atomic E-state index is 12.0. The van der Waals surface area contributed by atoms with E-state index in [1.165, 1.54) is 0 Å². The van der Waals surface area contributed by atoms with E-state index in [2.05, 4.69) is 10.6 Å². The quantitative estimate of drug-likeness (QED) is 0.791. The van der Waals surface area contributed by atoms with Crippen molar-refractivity contribution in [3.8, 4) is 12.3 Å². The summed E-state index contributed by atoms with van der Waals surface area (Å²) in [6, 6.07) is 4.41. The maximum Gasteiger partial charge on any atom is 0.405 e. The van der Waals surface area contributed by atoms with Gasteiger partial charge in [0.25, 0.3) is 5.91 Å². The van der Waals surface area contributed by atoms with Gasteiger partial charge in [0.1, 0.15) is 6.54 Å². The van der Waals surface area contributed by atoms with E-state index in [4.69, 9.17) is 6.42 Å². The van der Waals surface area contributed by atoms with Crippen LogP contribution in [0.25, 0.3) is 0 Å². The molecule has 0 heterocycles. The van der Waals surface area contributed by atoms with Gasteiger partial charge in [-0.3, -0.25) is 4.79 Å². The molecule has 0 aliphatic carbocycles. The predicted octanol–water partition coefficient (Wildman–Crippen LogP) is 0.890. The number of hydrogen-bond acceptors (Lipinski definition) is 3. The first-order valence-corrected chi connectivity index (χ1v) is 7.02. The standard InChI is InChI=1S/C12H11F3N2O3S/c1-2-7-17-21(19,20)10-5-3-9(4-6-10)11(18)16-8-12(13,14)15/h1,3-6,17H,7-8H2,(H,16,18). The molecule has 114 valence electrons. The minimum atomic E-state index is -4.52. The number of terminal acetylenes is 1. The Bertz CT molecular complexity index is 646. The van der Waals surface area contributed by atoms with Gasteiger partial charge >= 0.3 is 6.18 Å². The summed E-state index contributed by atoms with van der Waals surface area (Å²) >= 11 is 0. The molecule has 0 saturated carbocycles. The third kappa shape index (κ3) is 5.45. The molecule has 0 saturated heterocycles. The van der Waals surface area contributed by atoms with E-state index in [0.29, 0.717) is 0 Å². The monoisotopic (exact) mass is 320 g/mol. The number of amides is 1. The zero-order valence-electron chi connectivity index (χ0n) is 10.6. The Labute approximate surface area is 119 Å². The van der Waals surface area contributed by atoms with Crippen LogP contribution < -0.4 is 10.0 Å². The van der Waals surface area contributed by atoms with Crippen LogP contribution in [0.3, 0.4) is 0 Å². The minimum Gasteiger partial charge on any atom is -0.343 e. The van der Waals surface area contributed by atoms with Crippen molar-refractivity contribution in [2.45, 2.75) is 11.1 Å². The number of hydrogen-bond donors (Lipinski definition) is 2. The molecule has 0 spiro atoms. The van der Waals surface area contributed by atoms with Crippen LogP contribution in [0.1, 0.15) is 10.4 Å². The van der Waals surface area contributed by atoms with Gasteiger partial charge in [0.2, 0.25) is 10.0 Å². The average molecular weight is 320 g/mol. The lowest BCUT2D eigenvalue weighted by atomic mass is 10.2. The van der Waals surface area contributed by atoms with Gasteiger partial charge in [-0.2, -0.15) is 17.9 Å². The van der Waals surface area contributed by atoms with Crippen LogP contribution in [0.2, 0.25) is 0 Å². The summed E-state index contributed by atoms with van der Waals surface area (Å²) in [5.74, 6) is 1.14. The number of rotatable bonds is 5. The van der Waals surface area contributed by atoms with Crippen molar-refractivity contribution in [3.63, 3.8) is 0 Å². The van der Waals surface area contributed by atoms with Gasteiger partial charge in [-0.1, -0.05) is 5.92 Å². The molecular formula is C12H11F3N2O3S. The van der Waals surface area contributed by atoms with Crippen molar-refractivity contribution in [1.29, 1.82) is 0 Å². The number of halogens is 3. The van der Waals surface area contributed by atoms with Crippen LogP contribution in [0.4, 0.5) is 13.2 Å². The summed E-state index contributed by atoms with van der Waals surface area (Å²) in [7, 11) is -3.80. The molecule has 2 N–H and O–H groups in total. The van der Waals surface area contributed by atoms with Crippen molar-refractivity contribution in [2.75, 3.05) is 13.1 Å². The second kappa shape index (κ2) is 6.60. The highest BCUT2D eigenvalue weighted by molar-refractivity contribution is 7.89. The van der Waals surface area contributed by atoms with Crippen LogP contribution in [0.5, 0.6) is 0 Å². The Morgan fingerprint density at radius 1 is 1.24 bits per heavy atom. The second-order valence-corrected chi connectivity index (χ2v) is 5.62. The average Bonchev–Trinajstić information content (AvgIpc) is 2.42. The minimum absolute atomic E-state index is 0.0878. The normalized spacial score (nSPS) is 11.7. The number of sulfonamides is 1.